The van der Waals surface area contributed by atoms with Gasteiger partial charge in [0, 0.05) is 35.0 Å². The number of hydrogen-bond donors (Lipinski definition) is 3. The summed E-state index contributed by atoms with van der Waals surface area (Å²) in [6.45, 7) is 3.45. The zero-order valence-electron chi connectivity index (χ0n) is 16.7. The number of benzene rings is 2. The van der Waals surface area contributed by atoms with Crippen LogP contribution in [-0.4, -0.2) is 21.8 Å². The lowest BCUT2D eigenvalue weighted by Crippen LogP contribution is -2.29. The lowest BCUT2D eigenvalue weighted by molar-refractivity contribution is -0.120. The van der Waals surface area contributed by atoms with E-state index in [1.54, 1.807) is 0 Å². The van der Waals surface area contributed by atoms with Gasteiger partial charge in [0.05, 0.1) is 18.2 Å². The molecule has 2 aromatic carbocycles. The molecule has 0 saturated carbocycles. The third-order valence-corrected chi connectivity index (χ3v) is 5.62. The lowest BCUT2D eigenvalue weighted by atomic mass is 10.0. The highest BCUT2D eigenvalue weighted by atomic mass is 32.1. The van der Waals surface area contributed by atoms with Crippen LogP contribution in [0.3, 0.4) is 0 Å². The van der Waals surface area contributed by atoms with Crippen molar-refractivity contribution in [2.24, 2.45) is 0 Å². The van der Waals surface area contributed by atoms with Crippen molar-refractivity contribution in [1.82, 2.24) is 15.3 Å². The van der Waals surface area contributed by atoms with E-state index in [0.717, 1.165) is 33.3 Å². The van der Waals surface area contributed by atoms with E-state index in [0.29, 0.717) is 5.13 Å². The van der Waals surface area contributed by atoms with Gasteiger partial charge >= 0.3 is 0 Å². The number of thiazole rings is 1. The van der Waals surface area contributed by atoms with Gasteiger partial charge in [-0.2, -0.15) is 0 Å². The van der Waals surface area contributed by atoms with Crippen molar-refractivity contribution < 1.29 is 9.59 Å². The van der Waals surface area contributed by atoms with E-state index in [-0.39, 0.29) is 18.2 Å². The van der Waals surface area contributed by atoms with Crippen LogP contribution in [-0.2, 0) is 9.59 Å². The van der Waals surface area contributed by atoms with Gasteiger partial charge in [-0.15, -0.1) is 11.3 Å². The fraction of sp³-hybridized carbons (Fsp3) is 0.174. The van der Waals surface area contributed by atoms with Crippen molar-refractivity contribution in [2.75, 3.05) is 5.32 Å². The standard InChI is InChI=1S/C23H22N4O2S/c1-14-7-9-16(10-8-14)20(25-15(2)28)11-22(29)27-23-26-21(13-30-23)18-12-24-19-6-4-3-5-17(18)19/h3-10,12-13,20,24H,11H2,1-2H3,(H,25,28)(H,26,27,29)/t20-/m1/s1. The summed E-state index contributed by atoms with van der Waals surface area (Å²) in [4.78, 5) is 32.1. The van der Waals surface area contributed by atoms with Gasteiger partial charge in [-0.1, -0.05) is 48.0 Å². The minimum absolute atomic E-state index is 0.130. The second-order valence-electron chi connectivity index (χ2n) is 7.20. The van der Waals surface area contributed by atoms with Crippen LogP contribution in [0.25, 0.3) is 22.2 Å². The van der Waals surface area contributed by atoms with Gasteiger partial charge in [-0.25, -0.2) is 4.98 Å². The topological polar surface area (TPSA) is 86.9 Å². The lowest BCUT2D eigenvalue weighted by Gasteiger charge is -2.18. The molecule has 0 aliphatic heterocycles. The minimum Gasteiger partial charge on any atom is -0.360 e. The van der Waals surface area contributed by atoms with E-state index in [1.165, 1.54) is 18.3 Å². The zero-order chi connectivity index (χ0) is 21.1. The van der Waals surface area contributed by atoms with Crippen molar-refractivity contribution in [3.05, 3.63) is 71.2 Å². The second-order valence-corrected chi connectivity index (χ2v) is 8.06. The maximum absolute atomic E-state index is 12.7. The van der Waals surface area contributed by atoms with Crippen LogP contribution < -0.4 is 10.6 Å². The highest BCUT2D eigenvalue weighted by molar-refractivity contribution is 7.14. The number of amides is 2. The molecule has 2 amide bonds. The highest BCUT2D eigenvalue weighted by Crippen LogP contribution is 2.31. The molecule has 4 rings (SSSR count). The maximum Gasteiger partial charge on any atom is 0.228 e. The Kier molecular flexibility index (Phi) is 5.63. The van der Waals surface area contributed by atoms with Crippen molar-refractivity contribution in [2.45, 2.75) is 26.3 Å². The van der Waals surface area contributed by atoms with E-state index >= 15 is 0 Å². The minimum atomic E-state index is -0.392. The quantitative estimate of drug-likeness (QED) is 0.420. The molecule has 0 unspecified atom stereocenters. The molecule has 1 atom stereocenters. The molecule has 0 radical (unpaired) electrons. The van der Waals surface area contributed by atoms with Crippen LogP contribution >= 0.6 is 11.3 Å². The van der Waals surface area contributed by atoms with Gasteiger partial charge in [0.2, 0.25) is 11.8 Å². The van der Waals surface area contributed by atoms with Crippen LogP contribution in [0.4, 0.5) is 5.13 Å². The van der Waals surface area contributed by atoms with Gasteiger partial charge in [-0.3, -0.25) is 9.59 Å². The van der Waals surface area contributed by atoms with E-state index < -0.39 is 6.04 Å². The van der Waals surface area contributed by atoms with E-state index in [2.05, 4.69) is 20.6 Å². The van der Waals surface area contributed by atoms with Crippen LogP contribution in [0.2, 0.25) is 0 Å². The Morgan fingerprint density at radius 2 is 1.90 bits per heavy atom. The molecule has 0 fully saturated rings. The Labute approximate surface area is 178 Å². The Balaban J connectivity index is 1.48. The number of aromatic amines is 1. The molecule has 6 nitrogen and oxygen atoms in total. The summed E-state index contributed by atoms with van der Waals surface area (Å²) in [5.41, 5.74) is 4.87. The molecular formula is C23H22N4O2S. The molecule has 0 aliphatic rings. The number of anilines is 1. The molecule has 152 valence electrons. The highest BCUT2D eigenvalue weighted by Gasteiger charge is 2.18. The fourth-order valence-electron chi connectivity index (χ4n) is 3.39. The predicted molar refractivity (Wildman–Crippen MR) is 120 cm³/mol. The number of fused-ring (bicyclic) bond motifs is 1. The largest absolute Gasteiger partial charge is 0.360 e. The van der Waals surface area contributed by atoms with Gasteiger partial charge < -0.3 is 15.6 Å². The molecule has 2 heterocycles. The van der Waals surface area contributed by atoms with Crippen molar-refractivity contribution >= 4 is 39.2 Å². The first-order valence-electron chi connectivity index (χ1n) is 9.65. The molecule has 30 heavy (non-hydrogen) atoms. The molecule has 7 heteroatoms. The number of aromatic nitrogens is 2. The van der Waals surface area contributed by atoms with Crippen molar-refractivity contribution in [3.8, 4) is 11.3 Å². The summed E-state index contributed by atoms with van der Waals surface area (Å²) >= 11 is 1.38. The van der Waals surface area contributed by atoms with E-state index in [1.807, 2.05) is 67.0 Å². The molecule has 0 spiro atoms. The number of carbonyl (C=O) groups excluding carboxylic acids is 2. The number of carbonyl (C=O) groups is 2. The molecule has 3 N–H and O–H groups in total. The molecule has 4 aromatic rings. The number of aryl methyl sites for hydroxylation is 1. The first kappa shape index (κ1) is 19.8. The summed E-state index contributed by atoms with van der Waals surface area (Å²) in [6, 6.07) is 15.4. The third kappa shape index (κ3) is 4.41. The first-order chi connectivity index (χ1) is 14.5. The van der Waals surface area contributed by atoms with Gasteiger partial charge in [-0.05, 0) is 18.6 Å². The normalized spacial score (nSPS) is 11.9. The third-order valence-electron chi connectivity index (χ3n) is 4.86. The SMILES string of the molecule is CC(=O)N[C@H](CC(=O)Nc1nc(-c2c[nH]c3ccccc23)cs1)c1ccc(C)cc1. The fourth-order valence-corrected chi connectivity index (χ4v) is 4.12. The first-order valence-corrected chi connectivity index (χ1v) is 10.5. The Hall–Kier alpha value is -3.45. The maximum atomic E-state index is 12.7. The number of hydrogen-bond acceptors (Lipinski definition) is 4. The number of rotatable bonds is 6. The van der Waals surface area contributed by atoms with Gasteiger partial charge in [0.25, 0.3) is 0 Å². The number of H-pyrrole nitrogens is 1. The van der Waals surface area contributed by atoms with Crippen LogP contribution in [0.15, 0.2) is 60.1 Å². The summed E-state index contributed by atoms with van der Waals surface area (Å²) in [7, 11) is 0. The Morgan fingerprint density at radius 1 is 1.13 bits per heavy atom. The summed E-state index contributed by atoms with van der Waals surface area (Å²) in [5.74, 6) is -0.376. The smallest absolute Gasteiger partial charge is 0.228 e. The van der Waals surface area contributed by atoms with Gasteiger partial charge in [0.15, 0.2) is 5.13 Å². The molecule has 0 saturated heterocycles. The monoisotopic (exact) mass is 418 g/mol. The Morgan fingerprint density at radius 3 is 2.67 bits per heavy atom. The average molecular weight is 419 g/mol. The van der Waals surface area contributed by atoms with Crippen LogP contribution in [0, 0.1) is 6.92 Å². The molecule has 0 aliphatic carbocycles. The summed E-state index contributed by atoms with van der Waals surface area (Å²) in [5, 5.41) is 9.27. The second kappa shape index (κ2) is 8.51. The zero-order valence-corrected chi connectivity index (χ0v) is 17.5. The predicted octanol–water partition coefficient (Wildman–Crippen LogP) is 4.81. The van der Waals surface area contributed by atoms with Crippen molar-refractivity contribution in [3.63, 3.8) is 0 Å². The Bertz CT molecular complexity index is 1190. The van der Waals surface area contributed by atoms with E-state index in [4.69, 9.17) is 0 Å². The summed E-state index contributed by atoms with van der Waals surface area (Å²) in [6.07, 6.45) is 2.06. The average Bonchev–Trinajstić information content (AvgIpc) is 3.34. The van der Waals surface area contributed by atoms with Crippen molar-refractivity contribution in [1.29, 1.82) is 0 Å². The number of nitrogens with one attached hydrogen (secondary N) is 3. The summed E-state index contributed by atoms with van der Waals surface area (Å²) < 4.78 is 0. The molecule has 0 bridgehead atoms. The van der Waals surface area contributed by atoms with E-state index in [9.17, 15) is 9.59 Å². The van der Waals surface area contributed by atoms with Crippen LogP contribution in [0.5, 0.6) is 0 Å². The number of para-hydroxylation sites is 1. The van der Waals surface area contributed by atoms with Gasteiger partial charge in [0.1, 0.15) is 0 Å². The number of nitrogens with zero attached hydrogens (tertiary/aromatic N) is 1. The molecular weight excluding hydrogens is 396 g/mol. The molecule has 2 aromatic heterocycles. The van der Waals surface area contributed by atoms with Crippen LogP contribution in [0.1, 0.15) is 30.5 Å².